The summed E-state index contributed by atoms with van der Waals surface area (Å²) >= 11 is 0. The number of guanidine groups is 1. The van der Waals surface area contributed by atoms with Gasteiger partial charge >= 0.3 is 0 Å². The quantitative estimate of drug-likeness (QED) is 0.436. The lowest BCUT2D eigenvalue weighted by atomic mass is 9.99. The largest absolute Gasteiger partial charge is 0.370 e. The Kier molecular flexibility index (Phi) is 9.78. The average molecular weight is 382 g/mol. The second-order valence-corrected chi connectivity index (χ2v) is 5.77. The van der Waals surface area contributed by atoms with Gasteiger partial charge in [0.15, 0.2) is 5.96 Å². The number of rotatable bonds is 5. The van der Waals surface area contributed by atoms with Crippen molar-refractivity contribution in [3.63, 3.8) is 0 Å². The Morgan fingerprint density at radius 1 is 1.47 bits per heavy atom. The van der Waals surface area contributed by atoms with E-state index >= 15 is 0 Å². The molecular formula is C14H31IN4. The van der Waals surface area contributed by atoms with Crippen LogP contribution in [0.3, 0.4) is 0 Å². The number of aliphatic imine (C=N–C) groups is 1. The fourth-order valence-electron chi connectivity index (χ4n) is 2.37. The van der Waals surface area contributed by atoms with Gasteiger partial charge < -0.3 is 11.1 Å². The lowest BCUT2D eigenvalue weighted by molar-refractivity contribution is 0.142. The van der Waals surface area contributed by atoms with E-state index in [0.717, 1.165) is 18.9 Å². The SMILES string of the molecule is CCC(C)NC(N)=NCC(C)N1CCCC(C)C1.I. The number of halogens is 1. The van der Waals surface area contributed by atoms with Gasteiger partial charge in [-0.25, -0.2) is 0 Å². The molecule has 4 nitrogen and oxygen atoms in total. The molecule has 1 heterocycles. The van der Waals surface area contributed by atoms with E-state index in [9.17, 15) is 0 Å². The van der Waals surface area contributed by atoms with Crippen LogP contribution in [-0.4, -0.2) is 42.6 Å². The van der Waals surface area contributed by atoms with Crippen molar-refractivity contribution in [1.82, 2.24) is 10.2 Å². The molecule has 0 amide bonds. The summed E-state index contributed by atoms with van der Waals surface area (Å²) in [6.45, 7) is 12.1. The van der Waals surface area contributed by atoms with Gasteiger partial charge in [-0.1, -0.05) is 13.8 Å². The van der Waals surface area contributed by atoms with Crippen LogP contribution in [0.25, 0.3) is 0 Å². The minimum atomic E-state index is 0. The third-order valence-corrected chi connectivity index (χ3v) is 3.84. The number of nitrogens with one attached hydrogen (secondary N) is 1. The zero-order valence-electron chi connectivity index (χ0n) is 12.9. The van der Waals surface area contributed by atoms with E-state index in [-0.39, 0.29) is 24.0 Å². The molecule has 0 spiro atoms. The summed E-state index contributed by atoms with van der Waals surface area (Å²) in [7, 11) is 0. The summed E-state index contributed by atoms with van der Waals surface area (Å²) in [5.74, 6) is 1.40. The Bertz CT molecular complexity index is 270. The van der Waals surface area contributed by atoms with Crippen molar-refractivity contribution < 1.29 is 0 Å². The summed E-state index contributed by atoms with van der Waals surface area (Å²) in [5.41, 5.74) is 5.88. The molecule has 3 atom stereocenters. The Morgan fingerprint density at radius 3 is 2.74 bits per heavy atom. The van der Waals surface area contributed by atoms with Crippen molar-refractivity contribution >= 4 is 29.9 Å². The first-order valence-electron chi connectivity index (χ1n) is 7.33. The van der Waals surface area contributed by atoms with Gasteiger partial charge in [0.1, 0.15) is 0 Å². The molecule has 0 aromatic heterocycles. The van der Waals surface area contributed by atoms with Crippen molar-refractivity contribution in [3.8, 4) is 0 Å². The molecule has 0 bridgehead atoms. The number of hydrogen-bond acceptors (Lipinski definition) is 2. The maximum Gasteiger partial charge on any atom is 0.188 e. The van der Waals surface area contributed by atoms with Crippen molar-refractivity contribution in [2.75, 3.05) is 19.6 Å². The normalized spacial score (nSPS) is 24.4. The molecule has 1 rings (SSSR count). The van der Waals surface area contributed by atoms with Crippen molar-refractivity contribution in [2.45, 2.75) is 59.0 Å². The highest BCUT2D eigenvalue weighted by molar-refractivity contribution is 14.0. The number of piperidine rings is 1. The predicted molar refractivity (Wildman–Crippen MR) is 94.2 cm³/mol. The van der Waals surface area contributed by atoms with Crippen LogP contribution in [0.4, 0.5) is 0 Å². The number of nitrogens with zero attached hydrogens (tertiary/aromatic N) is 2. The lowest BCUT2D eigenvalue weighted by Crippen LogP contribution is -2.43. The molecule has 1 aliphatic rings. The van der Waals surface area contributed by atoms with Crippen LogP contribution in [0.5, 0.6) is 0 Å². The smallest absolute Gasteiger partial charge is 0.188 e. The molecule has 3 N–H and O–H groups in total. The van der Waals surface area contributed by atoms with Crippen molar-refractivity contribution in [2.24, 2.45) is 16.6 Å². The van der Waals surface area contributed by atoms with Gasteiger partial charge in [-0.3, -0.25) is 9.89 Å². The van der Waals surface area contributed by atoms with Gasteiger partial charge in [0.25, 0.3) is 0 Å². The fourth-order valence-corrected chi connectivity index (χ4v) is 2.37. The minimum absolute atomic E-state index is 0. The van der Waals surface area contributed by atoms with E-state index in [1.165, 1.54) is 25.9 Å². The van der Waals surface area contributed by atoms with Crippen LogP contribution in [0.2, 0.25) is 0 Å². The topological polar surface area (TPSA) is 53.6 Å². The van der Waals surface area contributed by atoms with Crippen LogP contribution in [0.15, 0.2) is 4.99 Å². The number of hydrogen-bond donors (Lipinski definition) is 2. The highest BCUT2D eigenvalue weighted by Gasteiger charge is 2.20. The molecule has 19 heavy (non-hydrogen) atoms. The van der Waals surface area contributed by atoms with E-state index in [1.807, 2.05) is 0 Å². The molecule has 3 unspecified atom stereocenters. The molecule has 1 fully saturated rings. The van der Waals surface area contributed by atoms with Crippen LogP contribution >= 0.6 is 24.0 Å². The summed E-state index contributed by atoms with van der Waals surface area (Å²) in [6, 6.07) is 0.893. The molecular weight excluding hydrogens is 351 g/mol. The first-order valence-corrected chi connectivity index (χ1v) is 7.33. The van der Waals surface area contributed by atoms with E-state index < -0.39 is 0 Å². The Labute approximate surface area is 135 Å². The van der Waals surface area contributed by atoms with Gasteiger partial charge in [0.05, 0.1) is 6.54 Å². The van der Waals surface area contributed by atoms with E-state index in [4.69, 9.17) is 5.73 Å². The second kappa shape index (κ2) is 9.80. The minimum Gasteiger partial charge on any atom is -0.370 e. The molecule has 0 saturated carbocycles. The zero-order chi connectivity index (χ0) is 13.5. The zero-order valence-corrected chi connectivity index (χ0v) is 15.2. The molecule has 0 aromatic carbocycles. The molecule has 0 aliphatic carbocycles. The van der Waals surface area contributed by atoms with E-state index in [1.54, 1.807) is 0 Å². The molecule has 1 saturated heterocycles. The first-order chi connectivity index (χ1) is 8.52. The lowest BCUT2D eigenvalue weighted by Gasteiger charge is -2.34. The standard InChI is InChI=1S/C14H30N4.HI/c1-5-12(3)17-14(15)16-9-13(4)18-8-6-7-11(2)10-18;/h11-13H,5-10H2,1-4H3,(H3,15,16,17);1H. The third-order valence-electron chi connectivity index (χ3n) is 3.84. The van der Waals surface area contributed by atoms with Crippen LogP contribution in [0.1, 0.15) is 47.0 Å². The van der Waals surface area contributed by atoms with Gasteiger partial charge in [-0.05, 0) is 45.6 Å². The Morgan fingerprint density at radius 2 is 2.16 bits per heavy atom. The molecule has 0 radical (unpaired) electrons. The summed E-state index contributed by atoms with van der Waals surface area (Å²) < 4.78 is 0. The summed E-state index contributed by atoms with van der Waals surface area (Å²) in [6.07, 6.45) is 3.75. The Balaban J connectivity index is 0.00000324. The first kappa shape index (κ1) is 19.0. The van der Waals surface area contributed by atoms with Gasteiger partial charge in [-0.2, -0.15) is 0 Å². The highest BCUT2D eigenvalue weighted by atomic mass is 127. The molecule has 5 heteroatoms. The van der Waals surface area contributed by atoms with Gasteiger partial charge in [0.2, 0.25) is 0 Å². The monoisotopic (exact) mass is 382 g/mol. The number of likely N-dealkylation sites (tertiary alicyclic amines) is 1. The van der Waals surface area contributed by atoms with Crippen LogP contribution in [0, 0.1) is 5.92 Å². The molecule has 114 valence electrons. The molecule has 0 aromatic rings. The van der Waals surface area contributed by atoms with E-state index in [2.05, 4.69) is 42.9 Å². The Hall–Kier alpha value is -0.0400. The predicted octanol–water partition coefficient (Wildman–Crippen LogP) is 2.43. The molecule has 1 aliphatic heterocycles. The third kappa shape index (κ3) is 7.34. The van der Waals surface area contributed by atoms with Crippen molar-refractivity contribution in [1.29, 1.82) is 0 Å². The van der Waals surface area contributed by atoms with Gasteiger partial charge in [-0.15, -0.1) is 24.0 Å². The maximum atomic E-state index is 5.88. The van der Waals surface area contributed by atoms with Crippen molar-refractivity contribution in [3.05, 3.63) is 0 Å². The van der Waals surface area contributed by atoms with Crippen LogP contribution < -0.4 is 11.1 Å². The van der Waals surface area contributed by atoms with Gasteiger partial charge in [0, 0.05) is 18.6 Å². The van der Waals surface area contributed by atoms with E-state index in [0.29, 0.717) is 18.0 Å². The van der Waals surface area contributed by atoms with Crippen LogP contribution in [-0.2, 0) is 0 Å². The summed E-state index contributed by atoms with van der Waals surface area (Å²) in [5, 5.41) is 3.21. The number of nitrogens with two attached hydrogens (primary N) is 1. The second-order valence-electron chi connectivity index (χ2n) is 5.77. The fraction of sp³-hybridized carbons (Fsp3) is 0.929. The highest BCUT2D eigenvalue weighted by Crippen LogP contribution is 2.17. The average Bonchev–Trinajstić information content (AvgIpc) is 2.35. The maximum absolute atomic E-state index is 5.88. The summed E-state index contributed by atoms with van der Waals surface area (Å²) in [4.78, 5) is 6.99.